The largest absolute Gasteiger partial charge is 0.342 e. The number of fused-ring (bicyclic) bond motifs is 4. The van der Waals surface area contributed by atoms with E-state index >= 15 is 0 Å². The molecule has 19 heavy (non-hydrogen) atoms. The molecule has 1 saturated carbocycles. The maximum Gasteiger partial charge on any atom is 0.226 e. The van der Waals surface area contributed by atoms with Crippen molar-refractivity contribution in [2.45, 2.75) is 25.7 Å². The fraction of sp³-hybridized carbons (Fsp3) is 0.812. The predicted octanol–water partition coefficient (Wildman–Crippen LogP) is 1.66. The van der Waals surface area contributed by atoms with Crippen molar-refractivity contribution in [3.05, 3.63) is 12.2 Å². The molecule has 1 N–H and O–H groups in total. The summed E-state index contributed by atoms with van der Waals surface area (Å²) in [6.07, 6.45) is 9.66. The number of piperidine rings is 2. The number of carbonyl (C=O) groups is 1. The number of allylic oxidation sites excluding steroid dienone is 2. The van der Waals surface area contributed by atoms with Crippen LogP contribution in [0.3, 0.4) is 0 Å². The number of hydrogen-bond acceptors (Lipinski definition) is 2. The number of rotatable bonds is 1. The quantitative estimate of drug-likeness (QED) is 0.727. The van der Waals surface area contributed by atoms with E-state index in [0.29, 0.717) is 35.5 Å². The van der Waals surface area contributed by atoms with Crippen LogP contribution in [0.1, 0.15) is 25.7 Å². The van der Waals surface area contributed by atoms with E-state index in [-0.39, 0.29) is 0 Å². The third-order valence-electron chi connectivity index (χ3n) is 5.69. The SMILES string of the molecule is O=C(C1C[C@H]2C=C[C@@H]1CC2)N1CC2CNCC(C2)C1. The highest BCUT2D eigenvalue weighted by Gasteiger charge is 2.41. The Morgan fingerprint density at radius 1 is 1.05 bits per heavy atom. The lowest BCUT2D eigenvalue weighted by Crippen LogP contribution is -2.55. The van der Waals surface area contributed by atoms with Crippen LogP contribution in [0.4, 0.5) is 0 Å². The minimum Gasteiger partial charge on any atom is -0.342 e. The highest BCUT2D eigenvalue weighted by molar-refractivity contribution is 5.80. The van der Waals surface area contributed by atoms with Crippen molar-refractivity contribution in [1.82, 2.24) is 10.2 Å². The van der Waals surface area contributed by atoms with E-state index in [1.165, 1.54) is 19.3 Å². The zero-order chi connectivity index (χ0) is 12.8. The molecule has 5 aliphatic rings. The Hall–Kier alpha value is -0.830. The van der Waals surface area contributed by atoms with Crippen molar-refractivity contribution in [2.75, 3.05) is 26.2 Å². The summed E-state index contributed by atoms with van der Waals surface area (Å²) in [7, 11) is 0. The number of hydrogen-bond donors (Lipinski definition) is 1. The minimum atomic E-state index is 0.301. The molecule has 0 aromatic rings. The van der Waals surface area contributed by atoms with Crippen molar-refractivity contribution in [3.63, 3.8) is 0 Å². The van der Waals surface area contributed by atoms with Crippen LogP contribution < -0.4 is 5.32 Å². The fourth-order valence-corrected chi connectivity index (χ4v) is 4.74. The van der Waals surface area contributed by atoms with Crippen LogP contribution in [0.25, 0.3) is 0 Å². The summed E-state index contributed by atoms with van der Waals surface area (Å²) in [5.74, 6) is 3.40. The van der Waals surface area contributed by atoms with Gasteiger partial charge in [0.05, 0.1) is 0 Å². The van der Waals surface area contributed by atoms with Gasteiger partial charge in [0.2, 0.25) is 5.91 Å². The number of amides is 1. The first-order valence-electron chi connectivity index (χ1n) is 7.97. The van der Waals surface area contributed by atoms with Gasteiger partial charge in [0, 0.05) is 19.0 Å². The molecule has 3 unspecified atom stereocenters. The second-order valence-corrected chi connectivity index (χ2v) is 7.10. The second-order valence-electron chi connectivity index (χ2n) is 7.10. The van der Waals surface area contributed by atoms with E-state index in [2.05, 4.69) is 22.4 Å². The number of carbonyl (C=O) groups excluding carboxylic acids is 1. The van der Waals surface area contributed by atoms with Gasteiger partial charge in [-0.05, 0) is 62.4 Å². The van der Waals surface area contributed by atoms with Crippen LogP contribution in [-0.4, -0.2) is 37.0 Å². The summed E-state index contributed by atoms with van der Waals surface area (Å²) in [6.45, 7) is 4.22. The molecule has 5 atom stereocenters. The van der Waals surface area contributed by atoms with E-state index in [1.54, 1.807) is 0 Å². The average molecular weight is 260 g/mol. The second kappa shape index (κ2) is 4.62. The van der Waals surface area contributed by atoms with Crippen molar-refractivity contribution < 1.29 is 4.79 Å². The third-order valence-corrected chi connectivity index (χ3v) is 5.69. The van der Waals surface area contributed by atoms with E-state index in [9.17, 15) is 4.79 Å². The van der Waals surface area contributed by atoms with Crippen molar-refractivity contribution in [2.24, 2.45) is 29.6 Å². The Morgan fingerprint density at radius 3 is 2.42 bits per heavy atom. The summed E-state index contributed by atoms with van der Waals surface area (Å²) in [5, 5.41) is 3.50. The number of nitrogens with zero attached hydrogens (tertiary/aromatic N) is 1. The molecule has 3 heteroatoms. The lowest BCUT2D eigenvalue weighted by Gasteiger charge is -2.45. The monoisotopic (exact) mass is 260 g/mol. The highest BCUT2D eigenvalue weighted by Crippen LogP contribution is 2.41. The molecule has 4 bridgehead atoms. The van der Waals surface area contributed by atoms with Gasteiger partial charge in [-0.2, -0.15) is 0 Å². The molecule has 2 saturated heterocycles. The average Bonchev–Trinajstić information content (AvgIpc) is 2.47. The zero-order valence-electron chi connectivity index (χ0n) is 11.6. The molecular weight excluding hydrogens is 236 g/mol. The Morgan fingerprint density at radius 2 is 1.84 bits per heavy atom. The Bertz CT molecular complexity index is 394. The summed E-state index contributed by atoms with van der Waals surface area (Å²) < 4.78 is 0. The van der Waals surface area contributed by atoms with Gasteiger partial charge in [0.25, 0.3) is 0 Å². The molecule has 0 radical (unpaired) electrons. The summed E-state index contributed by atoms with van der Waals surface area (Å²) in [6, 6.07) is 0. The van der Waals surface area contributed by atoms with Crippen molar-refractivity contribution >= 4 is 5.91 Å². The Labute approximate surface area is 115 Å². The summed E-state index contributed by atoms with van der Waals surface area (Å²) >= 11 is 0. The molecule has 1 amide bonds. The molecule has 0 spiro atoms. The summed E-state index contributed by atoms with van der Waals surface area (Å²) in [4.78, 5) is 15.1. The predicted molar refractivity (Wildman–Crippen MR) is 74.5 cm³/mol. The molecule has 2 heterocycles. The van der Waals surface area contributed by atoms with Gasteiger partial charge in [-0.25, -0.2) is 0 Å². The lowest BCUT2D eigenvalue weighted by molar-refractivity contribution is -0.142. The minimum absolute atomic E-state index is 0.301. The summed E-state index contributed by atoms with van der Waals surface area (Å²) in [5.41, 5.74) is 0. The van der Waals surface area contributed by atoms with E-state index in [0.717, 1.165) is 32.6 Å². The molecule has 5 rings (SSSR count). The van der Waals surface area contributed by atoms with Crippen molar-refractivity contribution in [3.8, 4) is 0 Å². The van der Waals surface area contributed by atoms with Gasteiger partial charge in [0.15, 0.2) is 0 Å². The molecule has 0 aromatic carbocycles. The van der Waals surface area contributed by atoms with E-state index < -0.39 is 0 Å². The first-order valence-corrected chi connectivity index (χ1v) is 7.97. The van der Waals surface area contributed by atoms with Crippen LogP contribution in [0, 0.1) is 29.6 Å². The van der Waals surface area contributed by atoms with Crippen LogP contribution in [0.2, 0.25) is 0 Å². The van der Waals surface area contributed by atoms with Gasteiger partial charge >= 0.3 is 0 Å². The standard InChI is InChI=1S/C16H24N2O/c19-16(15-6-11-1-3-14(15)4-2-11)18-9-12-5-13(10-18)8-17-7-12/h1,3,11-15,17H,2,4-10H2/t11-,12?,13?,14+,15?/m0/s1. The molecule has 3 fully saturated rings. The number of nitrogens with one attached hydrogen (secondary N) is 1. The smallest absolute Gasteiger partial charge is 0.226 e. The van der Waals surface area contributed by atoms with Crippen LogP contribution in [-0.2, 0) is 4.79 Å². The number of likely N-dealkylation sites (tertiary alicyclic amines) is 1. The van der Waals surface area contributed by atoms with Gasteiger partial charge < -0.3 is 10.2 Å². The van der Waals surface area contributed by atoms with Crippen LogP contribution in [0.15, 0.2) is 12.2 Å². The molecule has 3 aliphatic carbocycles. The Balaban J connectivity index is 1.47. The van der Waals surface area contributed by atoms with Gasteiger partial charge in [-0.3, -0.25) is 4.79 Å². The van der Waals surface area contributed by atoms with E-state index in [4.69, 9.17) is 0 Å². The van der Waals surface area contributed by atoms with E-state index in [1.807, 2.05) is 0 Å². The van der Waals surface area contributed by atoms with Gasteiger partial charge in [0.1, 0.15) is 0 Å². The van der Waals surface area contributed by atoms with Crippen molar-refractivity contribution in [1.29, 1.82) is 0 Å². The highest BCUT2D eigenvalue weighted by atomic mass is 16.2. The topological polar surface area (TPSA) is 32.3 Å². The Kier molecular flexibility index (Phi) is 2.91. The molecule has 104 valence electrons. The molecule has 2 aliphatic heterocycles. The van der Waals surface area contributed by atoms with Crippen LogP contribution in [0.5, 0.6) is 0 Å². The fourth-order valence-electron chi connectivity index (χ4n) is 4.74. The van der Waals surface area contributed by atoms with Gasteiger partial charge in [-0.15, -0.1) is 0 Å². The molecule has 0 aromatic heterocycles. The molecular formula is C16H24N2O. The lowest BCUT2D eigenvalue weighted by atomic mass is 9.68. The van der Waals surface area contributed by atoms with Crippen LogP contribution >= 0.6 is 0 Å². The van der Waals surface area contributed by atoms with Gasteiger partial charge in [-0.1, -0.05) is 12.2 Å². The maximum atomic E-state index is 12.8. The zero-order valence-corrected chi connectivity index (χ0v) is 11.6. The maximum absolute atomic E-state index is 12.8. The third kappa shape index (κ3) is 2.12. The molecule has 3 nitrogen and oxygen atoms in total. The first-order chi connectivity index (χ1) is 9.29. The first kappa shape index (κ1) is 12.0. The normalized spacial score (nSPS) is 44.4.